The van der Waals surface area contributed by atoms with Crippen molar-refractivity contribution in [2.45, 2.75) is 26.4 Å². The normalized spacial score (nSPS) is 12.2. The smallest absolute Gasteiger partial charge is 0.401 e. The summed E-state index contributed by atoms with van der Waals surface area (Å²) < 4.78 is 47.8. The molecule has 1 aromatic rings. The zero-order valence-corrected chi connectivity index (χ0v) is 16.3. The van der Waals surface area contributed by atoms with Crippen LogP contribution in [0.1, 0.15) is 20.3 Å². The van der Waals surface area contributed by atoms with Crippen LogP contribution in [0.25, 0.3) is 0 Å². The van der Waals surface area contributed by atoms with E-state index in [2.05, 4.69) is 15.6 Å². The van der Waals surface area contributed by atoms with Crippen molar-refractivity contribution in [3.63, 3.8) is 0 Å². The maximum Gasteiger partial charge on any atom is 0.401 e. The highest BCUT2D eigenvalue weighted by molar-refractivity contribution is 5.93. The summed E-state index contributed by atoms with van der Waals surface area (Å²) in [6.07, 6.45) is -3.66. The molecular formula is C18H29F3N4O2. The highest BCUT2D eigenvalue weighted by atomic mass is 19.4. The number of hydrogen-bond acceptors (Lipinski definition) is 4. The van der Waals surface area contributed by atoms with Crippen molar-refractivity contribution in [3.8, 4) is 11.5 Å². The van der Waals surface area contributed by atoms with Crippen LogP contribution in [-0.2, 0) is 0 Å². The van der Waals surface area contributed by atoms with Gasteiger partial charge in [-0.25, -0.2) is 0 Å². The first-order valence-corrected chi connectivity index (χ1v) is 8.90. The third-order valence-electron chi connectivity index (χ3n) is 3.49. The number of halogens is 3. The largest absolute Gasteiger partial charge is 0.493 e. The average molecular weight is 390 g/mol. The molecule has 0 amide bonds. The molecule has 0 saturated carbocycles. The minimum atomic E-state index is -4.18. The van der Waals surface area contributed by atoms with Gasteiger partial charge in [-0.2, -0.15) is 13.2 Å². The molecule has 0 fully saturated rings. The van der Waals surface area contributed by atoms with E-state index in [-0.39, 0.29) is 0 Å². The lowest BCUT2D eigenvalue weighted by Crippen LogP contribution is -2.33. The third-order valence-corrected chi connectivity index (χ3v) is 3.49. The Kier molecular flexibility index (Phi) is 9.77. The van der Waals surface area contributed by atoms with Crippen LogP contribution in [0.2, 0.25) is 0 Å². The minimum Gasteiger partial charge on any atom is -0.493 e. The van der Waals surface area contributed by atoms with Gasteiger partial charge < -0.3 is 20.1 Å². The molecule has 0 aliphatic heterocycles. The van der Waals surface area contributed by atoms with Gasteiger partial charge in [0, 0.05) is 24.8 Å². The van der Waals surface area contributed by atoms with Gasteiger partial charge in [0.15, 0.2) is 17.5 Å². The second kappa shape index (κ2) is 11.5. The monoisotopic (exact) mass is 390 g/mol. The Labute approximate surface area is 158 Å². The number of methoxy groups -OCH3 is 1. The first kappa shape index (κ1) is 22.9. The van der Waals surface area contributed by atoms with Crippen LogP contribution >= 0.6 is 0 Å². The van der Waals surface area contributed by atoms with Gasteiger partial charge >= 0.3 is 6.18 Å². The van der Waals surface area contributed by atoms with Gasteiger partial charge in [-0.05, 0) is 46.0 Å². The molecule has 0 unspecified atom stereocenters. The van der Waals surface area contributed by atoms with Crippen molar-refractivity contribution < 1.29 is 22.6 Å². The van der Waals surface area contributed by atoms with Crippen LogP contribution in [0.4, 0.5) is 18.9 Å². The van der Waals surface area contributed by atoms with Crippen LogP contribution in [0.15, 0.2) is 23.2 Å². The first-order chi connectivity index (χ1) is 12.8. The number of hydrogen-bond donors (Lipinski definition) is 2. The molecule has 0 aliphatic rings. The second-order valence-electron chi connectivity index (χ2n) is 5.89. The molecule has 0 heterocycles. The Morgan fingerprint density at radius 2 is 1.96 bits per heavy atom. The van der Waals surface area contributed by atoms with Gasteiger partial charge in [0.05, 0.1) is 20.3 Å². The van der Waals surface area contributed by atoms with E-state index < -0.39 is 12.7 Å². The lowest BCUT2D eigenvalue weighted by Gasteiger charge is -2.18. The molecule has 6 nitrogen and oxygen atoms in total. The summed E-state index contributed by atoms with van der Waals surface area (Å²) in [6.45, 7) is 4.84. The Morgan fingerprint density at radius 1 is 1.22 bits per heavy atom. The standard InChI is InChI=1S/C18H29F3N4O2/c1-5-22-17(23-10-7-11-25(3)13-18(19,20)21)24-14-8-9-15(27-6-2)16(12-14)26-4/h8-9,12H,5-7,10-11,13H2,1-4H3,(H2,22,23,24). The fourth-order valence-corrected chi connectivity index (χ4v) is 2.38. The van der Waals surface area contributed by atoms with Crippen LogP contribution in [0.3, 0.4) is 0 Å². The molecule has 0 atom stereocenters. The van der Waals surface area contributed by atoms with E-state index in [9.17, 15) is 13.2 Å². The summed E-state index contributed by atoms with van der Waals surface area (Å²) >= 11 is 0. The van der Waals surface area contributed by atoms with Crippen molar-refractivity contribution in [3.05, 3.63) is 18.2 Å². The molecule has 154 valence electrons. The van der Waals surface area contributed by atoms with Gasteiger partial charge in [-0.15, -0.1) is 0 Å². The quantitative estimate of drug-likeness (QED) is 0.365. The van der Waals surface area contributed by atoms with E-state index in [4.69, 9.17) is 9.47 Å². The number of aliphatic imine (C=N–C) groups is 1. The number of nitrogens with zero attached hydrogens (tertiary/aromatic N) is 2. The highest BCUT2D eigenvalue weighted by Gasteiger charge is 2.28. The highest BCUT2D eigenvalue weighted by Crippen LogP contribution is 2.30. The number of alkyl halides is 3. The number of benzene rings is 1. The molecule has 1 aromatic carbocycles. The minimum absolute atomic E-state index is 0.319. The Hall–Kier alpha value is -2.16. The maximum atomic E-state index is 12.3. The van der Waals surface area contributed by atoms with E-state index in [1.807, 2.05) is 19.9 Å². The van der Waals surface area contributed by atoms with Crippen molar-refractivity contribution in [2.75, 3.05) is 52.3 Å². The summed E-state index contributed by atoms with van der Waals surface area (Å²) in [5.41, 5.74) is 0.768. The lowest BCUT2D eigenvalue weighted by molar-refractivity contribution is -0.143. The zero-order valence-electron chi connectivity index (χ0n) is 16.3. The molecule has 9 heteroatoms. The van der Waals surface area contributed by atoms with Crippen LogP contribution in [0, 0.1) is 0 Å². The molecule has 2 N–H and O–H groups in total. The zero-order chi connectivity index (χ0) is 20.3. The predicted octanol–water partition coefficient (Wildman–Crippen LogP) is 3.36. The summed E-state index contributed by atoms with van der Waals surface area (Å²) in [6, 6.07) is 5.45. The number of nitrogens with one attached hydrogen (secondary N) is 2. The number of rotatable bonds is 10. The SMILES string of the molecule is CCNC(=NCCCN(C)CC(F)(F)F)Nc1ccc(OCC)c(OC)c1. The van der Waals surface area contributed by atoms with Gasteiger partial charge in [-0.3, -0.25) is 9.89 Å². The summed E-state index contributed by atoms with van der Waals surface area (Å²) in [4.78, 5) is 5.65. The summed E-state index contributed by atoms with van der Waals surface area (Å²) in [5, 5.41) is 6.27. The third kappa shape index (κ3) is 9.37. The molecule has 0 radical (unpaired) electrons. The van der Waals surface area contributed by atoms with Gasteiger partial charge in [0.25, 0.3) is 0 Å². The van der Waals surface area contributed by atoms with Crippen molar-refractivity contribution in [2.24, 2.45) is 4.99 Å². The summed E-state index contributed by atoms with van der Waals surface area (Å²) in [5.74, 6) is 1.81. The lowest BCUT2D eigenvalue weighted by atomic mass is 10.2. The van der Waals surface area contributed by atoms with Gasteiger partial charge in [0.1, 0.15) is 0 Å². The molecule has 0 aromatic heterocycles. The van der Waals surface area contributed by atoms with Crippen LogP contribution in [-0.4, -0.2) is 64.0 Å². The second-order valence-corrected chi connectivity index (χ2v) is 5.89. The molecular weight excluding hydrogens is 361 g/mol. The molecule has 0 bridgehead atoms. The number of anilines is 1. The molecule has 0 saturated heterocycles. The number of ether oxygens (including phenoxy) is 2. The Balaban J connectivity index is 2.63. The van der Waals surface area contributed by atoms with E-state index in [1.54, 1.807) is 19.2 Å². The fourth-order valence-electron chi connectivity index (χ4n) is 2.38. The van der Waals surface area contributed by atoms with Gasteiger partial charge in [0.2, 0.25) is 0 Å². The average Bonchev–Trinajstić information content (AvgIpc) is 2.58. The fraction of sp³-hybridized carbons (Fsp3) is 0.611. The van der Waals surface area contributed by atoms with Crippen LogP contribution < -0.4 is 20.1 Å². The van der Waals surface area contributed by atoms with Crippen molar-refractivity contribution >= 4 is 11.6 Å². The maximum absolute atomic E-state index is 12.3. The van der Waals surface area contributed by atoms with E-state index in [1.165, 1.54) is 11.9 Å². The van der Waals surface area contributed by atoms with E-state index in [0.717, 1.165) is 5.69 Å². The van der Waals surface area contributed by atoms with E-state index >= 15 is 0 Å². The molecule has 1 rings (SSSR count). The summed E-state index contributed by atoms with van der Waals surface area (Å²) in [7, 11) is 3.02. The van der Waals surface area contributed by atoms with E-state index in [0.29, 0.717) is 50.1 Å². The first-order valence-electron chi connectivity index (χ1n) is 8.90. The Bertz CT molecular complexity index is 594. The molecule has 0 spiro atoms. The predicted molar refractivity (Wildman–Crippen MR) is 102 cm³/mol. The Morgan fingerprint density at radius 3 is 2.56 bits per heavy atom. The van der Waals surface area contributed by atoms with Gasteiger partial charge in [-0.1, -0.05) is 0 Å². The topological polar surface area (TPSA) is 58.1 Å². The number of guanidine groups is 1. The van der Waals surface area contributed by atoms with Crippen molar-refractivity contribution in [1.82, 2.24) is 10.2 Å². The molecule has 0 aliphatic carbocycles. The molecule has 27 heavy (non-hydrogen) atoms. The van der Waals surface area contributed by atoms with Crippen LogP contribution in [0.5, 0.6) is 11.5 Å². The van der Waals surface area contributed by atoms with Crippen molar-refractivity contribution in [1.29, 1.82) is 0 Å².